The molecule has 3 nitrogen and oxygen atoms in total. The van der Waals surface area contributed by atoms with Crippen LogP contribution in [0.25, 0.3) is 0 Å². The normalized spacial score (nSPS) is 24.2. The number of β-amino-alcohol motifs (C(OH)–C–C–N with tert-alkyl or cyclic N) is 1. The first kappa shape index (κ1) is 13.9. The molecule has 0 spiro atoms. The van der Waals surface area contributed by atoms with Crippen molar-refractivity contribution in [1.82, 2.24) is 4.90 Å². The van der Waals surface area contributed by atoms with Crippen LogP contribution in [0, 0.1) is 5.92 Å². The number of aliphatic hydroxyl groups is 1. The van der Waals surface area contributed by atoms with E-state index in [1.165, 1.54) is 19.3 Å². The molecule has 1 N–H and O–H groups in total. The summed E-state index contributed by atoms with van der Waals surface area (Å²) in [4.78, 5) is 2.37. The van der Waals surface area contributed by atoms with Crippen LogP contribution in [0.5, 0.6) is 0 Å². The summed E-state index contributed by atoms with van der Waals surface area (Å²) in [5, 5.41) is 9.81. The maximum atomic E-state index is 9.81. The number of aliphatic hydroxyl groups excluding tert-OH is 1. The van der Waals surface area contributed by atoms with Crippen LogP contribution in [-0.4, -0.2) is 48.5 Å². The molecule has 0 radical (unpaired) electrons. The molecular formula is C13H27NO2. The largest absolute Gasteiger partial charge is 0.389 e. The van der Waals surface area contributed by atoms with Gasteiger partial charge in [0.05, 0.1) is 18.8 Å². The summed E-state index contributed by atoms with van der Waals surface area (Å²) in [5.41, 5.74) is 0. The Balaban J connectivity index is 2.13. The third-order valence-corrected chi connectivity index (χ3v) is 3.16. The van der Waals surface area contributed by atoms with E-state index in [-0.39, 0.29) is 12.2 Å². The quantitative estimate of drug-likeness (QED) is 0.723. The number of hydrogen-bond acceptors (Lipinski definition) is 3. The van der Waals surface area contributed by atoms with Crippen molar-refractivity contribution in [2.75, 3.05) is 26.2 Å². The molecule has 1 fully saturated rings. The molecular weight excluding hydrogens is 202 g/mol. The molecule has 0 bridgehead atoms. The highest BCUT2D eigenvalue weighted by atomic mass is 16.5. The summed E-state index contributed by atoms with van der Waals surface area (Å²) >= 11 is 0. The van der Waals surface area contributed by atoms with E-state index in [1.54, 1.807) is 0 Å². The number of hydrogen-bond donors (Lipinski definition) is 1. The predicted molar refractivity (Wildman–Crippen MR) is 66.5 cm³/mol. The standard InChI is InChI=1S/C13H27NO2/c1-4-5-12-6-7-14(8-12)9-13(15)10-16-11(2)3/h11-13,15H,4-10H2,1-3H3. The lowest BCUT2D eigenvalue weighted by molar-refractivity contribution is -0.00621. The minimum absolute atomic E-state index is 0.209. The van der Waals surface area contributed by atoms with Crippen LogP contribution < -0.4 is 0 Å². The highest BCUT2D eigenvalue weighted by Gasteiger charge is 2.23. The van der Waals surface area contributed by atoms with Gasteiger partial charge in [0.15, 0.2) is 0 Å². The molecule has 0 aromatic heterocycles. The van der Waals surface area contributed by atoms with Crippen molar-refractivity contribution in [1.29, 1.82) is 0 Å². The third-order valence-electron chi connectivity index (χ3n) is 3.16. The van der Waals surface area contributed by atoms with E-state index in [1.807, 2.05) is 13.8 Å². The summed E-state index contributed by atoms with van der Waals surface area (Å²) in [7, 11) is 0. The van der Waals surface area contributed by atoms with E-state index < -0.39 is 0 Å². The Morgan fingerprint density at radius 3 is 2.81 bits per heavy atom. The lowest BCUT2D eigenvalue weighted by atomic mass is 10.0. The van der Waals surface area contributed by atoms with Gasteiger partial charge in [0, 0.05) is 13.1 Å². The van der Waals surface area contributed by atoms with E-state index in [0.717, 1.165) is 25.6 Å². The van der Waals surface area contributed by atoms with Crippen LogP contribution in [0.4, 0.5) is 0 Å². The zero-order valence-corrected chi connectivity index (χ0v) is 11.0. The second-order valence-corrected chi connectivity index (χ2v) is 5.24. The second-order valence-electron chi connectivity index (χ2n) is 5.24. The first-order valence-electron chi connectivity index (χ1n) is 6.63. The van der Waals surface area contributed by atoms with Gasteiger partial charge in [0.25, 0.3) is 0 Å². The molecule has 0 aliphatic carbocycles. The smallest absolute Gasteiger partial charge is 0.0900 e. The van der Waals surface area contributed by atoms with Gasteiger partial charge >= 0.3 is 0 Å². The average Bonchev–Trinajstić information content (AvgIpc) is 2.63. The Morgan fingerprint density at radius 1 is 1.44 bits per heavy atom. The first-order valence-corrected chi connectivity index (χ1v) is 6.63. The fraction of sp³-hybridized carbons (Fsp3) is 1.00. The monoisotopic (exact) mass is 229 g/mol. The van der Waals surface area contributed by atoms with E-state index in [9.17, 15) is 5.11 Å². The molecule has 96 valence electrons. The molecule has 1 heterocycles. The summed E-state index contributed by atoms with van der Waals surface area (Å²) in [6.45, 7) is 9.78. The maximum absolute atomic E-state index is 9.81. The van der Waals surface area contributed by atoms with Crippen molar-refractivity contribution < 1.29 is 9.84 Å². The van der Waals surface area contributed by atoms with Gasteiger partial charge in [-0.3, -0.25) is 0 Å². The zero-order valence-electron chi connectivity index (χ0n) is 11.0. The molecule has 1 rings (SSSR count). The van der Waals surface area contributed by atoms with Crippen molar-refractivity contribution in [2.45, 2.75) is 52.2 Å². The minimum atomic E-state index is -0.331. The van der Waals surface area contributed by atoms with E-state index >= 15 is 0 Å². The average molecular weight is 229 g/mol. The summed E-state index contributed by atoms with van der Waals surface area (Å²) in [6.07, 6.45) is 3.78. The van der Waals surface area contributed by atoms with Crippen LogP contribution in [0.15, 0.2) is 0 Å². The first-order chi connectivity index (χ1) is 7.61. The van der Waals surface area contributed by atoms with Gasteiger partial charge in [-0.25, -0.2) is 0 Å². The highest BCUT2D eigenvalue weighted by molar-refractivity contribution is 4.77. The number of rotatable bonds is 7. The van der Waals surface area contributed by atoms with Crippen LogP contribution in [-0.2, 0) is 4.74 Å². The summed E-state index contributed by atoms with van der Waals surface area (Å²) in [5.74, 6) is 0.850. The van der Waals surface area contributed by atoms with Gasteiger partial charge in [0.1, 0.15) is 0 Å². The van der Waals surface area contributed by atoms with E-state index in [2.05, 4.69) is 11.8 Å². The molecule has 0 aromatic carbocycles. The Kier molecular flexibility index (Phi) is 6.32. The lowest BCUT2D eigenvalue weighted by Crippen LogP contribution is -2.34. The molecule has 1 aliphatic heterocycles. The van der Waals surface area contributed by atoms with Gasteiger partial charge in [-0.15, -0.1) is 0 Å². The fourth-order valence-corrected chi connectivity index (χ4v) is 2.38. The minimum Gasteiger partial charge on any atom is -0.389 e. The Labute approximate surface area is 99.8 Å². The van der Waals surface area contributed by atoms with Gasteiger partial charge in [0.2, 0.25) is 0 Å². The molecule has 0 aromatic rings. The van der Waals surface area contributed by atoms with Gasteiger partial charge < -0.3 is 14.7 Å². The van der Waals surface area contributed by atoms with Crippen LogP contribution in [0.1, 0.15) is 40.0 Å². The molecule has 1 aliphatic rings. The molecule has 1 saturated heterocycles. The molecule has 0 saturated carbocycles. The van der Waals surface area contributed by atoms with Crippen molar-refractivity contribution in [3.63, 3.8) is 0 Å². The van der Waals surface area contributed by atoms with Gasteiger partial charge in [-0.2, -0.15) is 0 Å². The van der Waals surface area contributed by atoms with Crippen molar-refractivity contribution in [3.05, 3.63) is 0 Å². The van der Waals surface area contributed by atoms with Crippen molar-refractivity contribution in [3.8, 4) is 0 Å². The van der Waals surface area contributed by atoms with Crippen LogP contribution in [0.3, 0.4) is 0 Å². The van der Waals surface area contributed by atoms with E-state index in [0.29, 0.717) is 6.61 Å². The Hall–Kier alpha value is -0.120. The summed E-state index contributed by atoms with van der Waals surface area (Å²) in [6, 6.07) is 0. The Morgan fingerprint density at radius 2 is 2.19 bits per heavy atom. The summed E-state index contributed by atoms with van der Waals surface area (Å²) < 4.78 is 5.41. The third kappa shape index (κ3) is 5.28. The van der Waals surface area contributed by atoms with Crippen molar-refractivity contribution >= 4 is 0 Å². The van der Waals surface area contributed by atoms with Crippen LogP contribution >= 0.6 is 0 Å². The number of nitrogens with zero attached hydrogens (tertiary/aromatic N) is 1. The van der Waals surface area contributed by atoms with E-state index in [4.69, 9.17) is 4.74 Å². The predicted octanol–water partition coefficient (Wildman–Crippen LogP) is 1.89. The Bertz CT molecular complexity index is 185. The zero-order chi connectivity index (χ0) is 12.0. The van der Waals surface area contributed by atoms with Gasteiger partial charge in [-0.05, 0) is 39.2 Å². The lowest BCUT2D eigenvalue weighted by Gasteiger charge is -2.20. The fourth-order valence-electron chi connectivity index (χ4n) is 2.38. The topological polar surface area (TPSA) is 32.7 Å². The second kappa shape index (κ2) is 7.25. The molecule has 0 amide bonds. The molecule has 3 heteroatoms. The number of ether oxygens (including phenoxy) is 1. The molecule has 16 heavy (non-hydrogen) atoms. The maximum Gasteiger partial charge on any atom is 0.0900 e. The highest BCUT2D eigenvalue weighted by Crippen LogP contribution is 2.20. The van der Waals surface area contributed by atoms with Crippen molar-refractivity contribution in [2.24, 2.45) is 5.92 Å². The van der Waals surface area contributed by atoms with Gasteiger partial charge in [-0.1, -0.05) is 13.3 Å². The SMILES string of the molecule is CCCC1CCN(CC(O)COC(C)C)C1. The van der Waals surface area contributed by atoms with Crippen LogP contribution in [0.2, 0.25) is 0 Å². The molecule has 2 unspecified atom stereocenters. The molecule has 2 atom stereocenters. The number of likely N-dealkylation sites (tertiary alicyclic amines) is 1.